The molecule has 5 rings (SSSR count). The molecule has 0 bridgehead atoms. The number of hydrogen-bond donors (Lipinski definition) is 1. The number of aromatic nitrogens is 1. The molecule has 1 aromatic heterocycles. The zero-order valence-corrected chi connectivity index (χ0v) is 20.6. The molecule has 1 aliphatic heterocycles. The predicted molar refractivity (Wildman–Crippen MR) is 136 cm³/mol. The van der Waals surface area contributed by atoms with E-state index >= 15 is 0 Å². The topological polar surface area (TPSA) is 70.5 Å². The maximum Gasteiger partial charge on any atom is 0.301 e. The number of amides is 1. The Kier molecular flexibility index (Phi) is 5.71. The third-order valence-electron chi connectivity index (χ3n) is 6.20. The fourth-order valence-corrected chi connectivity index (χ4v) is 5.28. The average molecular weight is 505 g/mol. The Balaban J connectivity index is 1.71. The van der Waals surface area contributed by atoms with Gasteiger partial charge in [0.25, 0.3) is 5.78 Å². The summed E-state index contributed by atoms with van der Waals surface area (Å²) in [7, 11) is 0. The number of aliphatic hydroxyl groups excluding tert-OH is 1. The number of anilines is 1. The number of nitrogens with zero attached hydrogens (tertiary/aromatic N) is 2. The number of carbonyl (C=O) groups excluding carboxylic acids is 2. The standard InChI is InChI=1S/C28H22F2N2O3S/c1-28(2,3)17-8-4-15(5-9-17)23-22(24(33)16-6-10-18(29)11-7-16)25(34)26(35)32(23)27-31-20-13-12-19(30)14-21(20)36-27/h4-14,23,33H,1-3H3/b24-22+/t23-/m1/s1. The van der Waals surface area contributed by atoms with Gasteiger partial charge in [0.2, 0.25) is 0 Å². The maximum atomic E-state index is 13.8. The Morgan fingerprint density at radius 2 is 1.58 bits per heavy atom. The molecule has 1 amide bonds. The largest absolute Gasteiger partial charge is 0.507 e. The minimum absolute atomic E-state index is 0.119. The van der Waals surface area contributed by atoms with Gasteiger partial charge < -0.3 is 5.11 Å². The molecule has 0 radical (unpaired) electrons. The summed E-state index contributed by atoms with van der Waals surface area (Å²) in [5.74, 6) is -3.09. The number of carbonyl (C=O) groups is 2. The second-order valence-electron chi connectivity index (χ2n) is 9.66. The number of ketones is 1. The minimum Gasteiger partial charge on any atom is -0.507 e. The molecule has 0 aliphatic carbocycles. The van der Waals surface area contributed by atoms with Gasteiger partial charge in [-0.1, -0.05) is 56.4 Å². The molecule has 0 saturated carbocycles. The van der Waals surface area contributed by atoms with Crippen molar-refractivity contribution < 1.29 is 23.5 Å². The maximum absolute atomic E-state index is 13.8. The van der Waals surface area contributed by atoms with Crippen molar-refractivity contribution in [2.45, 2.75) is 32.2 Å². The molecule has 182 valence electrons. The van der Waals surface area contributed by atoms with Crippen LogP contribution in [-0.2, 0) is 15.0 Å². The number of aliphatic hydroxyl groups is 1. The summed E-state index contributed by atoms with van der Waals surface area (Å²) in [6, 6.07) is 15.6. The van der Waals surface area contributed by atoms with Gasteiger partial charge in [-0.15, -0.1) is 0 Å². The second-order valence-corrected chi connectivity index (χ2v) is 10.7. The lowest BCUT2D eigenvalue weighted by atomic mass is 9.85. The van der Waals surface area contributed by atoms with E-state index in [1.54, 1.807) is 0 Å². The average Bonchev–Trinajstić information content (AvgIpc) is 3.36. The molecular weight excluding hydrogens is 482 g/mol. The quantitative estimate of drug-likeness (QED) is 0.196. The molecule has 36 heavy (non-hydrogen) atoms. The second kappa shape index (κ2) is 8.64. The van der Waals surface area contributed by atoms with Crippen molar-refractivity contribution in [1.82, 2.24) is 4.98 Å². The first-order valence-corrected chi connectivity index (χ1v) is 12.1. The summed E-state index contributed by atoms with van der Waals surface area (Å²) in [6.45, 7) is 6.22. The van der Waals surface area contributed by atoms with Crippen LogP contribution in [-0.4, -0.2) is 21.8 Å². The molecule has 2 heterocycles. The number of rotatable bonds is 3. The lowest BCUT2D eigenvalue weighted by Gasteiger charge is -2.24. The number of hydrogen-bond acceptors (Lipinski definition) is 5. The SMILES string of the molecule is CC(C)(C)c1ccc([C@@H]2/C(=C(\O)c3ccc(F)cc3)C(=O)C(=O)N2c2nc3ccc(F)cc3s2)cc1. The lowest BCUT2D eigenvalue weighted by Crippen LogP contribution is -2.29. The zero-order chi connectivity index (χ0) is 25.8. The highest BCUT2D eigenvalue weighted by atomic mass is 32.1. The Morgan fingerprint density at radius 3 is 2.22 bits per heavy atom. The van der Waals surface area contributed by atoms with Crippen molar-refractivity contribution in [3.63, 3.8) is 0 Å². The van der Waals surface area contributed by atoms with Gasteiger partial charge in [0.1, 0.15) is 17.4 Å². The van der Waals surface area contributed by atoms with Crippen molar-refractivity contribution in [1.29, 1.82) is 0 Å². The fraction of sp³-hybridized carbons (Fsp3) is 0.179. The van der Waals surface area contributed by atoms with E-state index < -0.39 is 35.1 Å². The van der Waals surface area contributed by atoms with Crippen LogP contribution in [0.15, 0.2) is 72.3 Å². The van der Waals surface area contributed by atoms with Crippen LogP contribution in [0.1, 0.15) is 43.5 Å². The number of Topliss-reactive ketones (excluding diaryl/α,β-unsaturated/α-hetero) is 1. The molecule has 0 unspecified atom stereocenters. The first kappa shape index (κ1) is 23.8. The summed E-state index contributed by atoms with van der Waals surface area (Å²) < 4.78 is 27.8. The monoisotopic (exact) mass is 504 g/mol. The third kappa shape index (κ3) is 4.07. The normalized spacial score (nSPS) is 17.8. The van der Waals surface area contributed by atoms with E-state index in [4.69, 9.17) is 0 Å². The minimum atomic E-state index is -0.977. The summed E-state index contributed by atoms with van der Waals surface area (Å²) in [4.78, 5) is 32.3. The molecular formula is C28H22F2N2O3S. The van der Waals surface area contributed by atoms with Gasteiger partial charge in [0.15, 0.2) is 5.13 Å². The van der Waals surface area contributed by atoms with Crippen molar-refractivity contribution >= 4 is 44.1 Å². The van der Waals surface area contributed by atoms with Crippen molar-refractivity contribution in [3.8, 4) is 0 Å². The van der Waals surface area contributed by atoms with Crippen LogP contribution >= 0.6 is 11.3 Å². The molecule has 1 atom stereocenters. The number of fused-ring (bicyclic) bond motifs is 1. The molecule has 1 N–H and O–H groups in total. The van der Waals surface area contributed by atoms with E-state index in [1.807, 2.05) is 24.3 Å². The van der Waals surface area contributed by atoms with Crippen molar-refractivity contribution in [3.05, 3.63) is 101 Å². The third-order valence-corrected chi connectivity index (χ3v) is 7.22. The van der Waals surface area contributed by atoms with Crippen LogP contribution in [0, 0.1) is 11.6 Å². The van der Waals surface area contributed by atoms with Crippen LogP contribution in [0.25, 0.3) is 16.0 Å². The van der Waals surface area contributed by atoms with Gasteiger partial charge in [-0.2, -0.15) is 0 Å². The summed E-state index contributed by atoms with van der Waals surface area (Å²) in [5.41, 5.74) is 2.09. The van der Waals surface area contributed by atoms with Crippen molar-refractivity contribution in [2.75, 3.05) is 4.90 Å². The van der Waals surface area contributed by atoms with Crippen LogP contribution in [0.4, 0.5) is 13.9 Å². The molecule has 8 heteroatoms. The van der Waals surface area contributed by atoms with Gasteiger partial charge in [0, 0.05) is 5.56 Å². The van der Waals surface area contributed by atoms with Crippen LogP contribution in [0.3, 0.4) is 0 Å². The van der Waals surface area contributed by atoms with Crippen LogP contribution in [0.5, 0.6) is 0 Å². The first-order chi connectivity index (χ1) is 17.0. The zero-order valence-electron chi connectivity index (χ0n) is 19.8. The van der Waals surface area contributed by atoms with E-state index in [1.165, 1.54) is 47.4 Å². The van der Waals surface area contributed by atoms with E-state index in [2.05, 4.69) is 25.8 Å². The first-order valence-electron chi connectivity index (χ1n) is 11.3. The van der Waals surface area contributed by atoms with E-state index in [0.717, 1.165) is 16.9 Å². The molecule has 1 saturated heterocycles. The van der Waals surface area contributed by atoms with Gasteiger partial charge >= 0.3 is 5.91 Å². The highest BCUT2D eigenvalue weighted by molar-refractivity contribution is 7.22. The molecule has 5 nitrogen and oxygen atoms in total. The molecule has 0 spiro atoms. The Morgan fingerprint density at radius 1 is 0.944 bits per heavy atom. The van der Waals surface area contributed by atoms with Gasteiger partial charge in [-0.25, -0.2) is 13.8 Å². The highest BCUT2D eigenvalue weighted by Crippen LogP contribution is 2.44. The smallest absolute Gasteiger partial charge is 0.301 e. The predicted octanol–water partition coefficient (Wildman–Crippen LogP) is 6.50. The number of thiazole rings is 1. The van der Waals surface area contributed by atoms with Crippen molar-refractivity contribution in [2.24, 2.45) is 0 Å². The van der Waals surface area contributed by atoms with Gasteiger partial charge in [-0.05, 0) is 59.0 Å². The lowest BCUT2D eigenvalue weighted by molar-refractivity contribution is -0.132. The van der Waals surface area contributed by atoms with E-state index in [0.29, 0.717) is 15.8 Å². The molecule has 4 aromatic rings. The summed E-state index contributed by atoms with van der Waals surface area (Å²) in [6.07, 6.45) is 0. The highest BCUT2D eigenvalue weighted by Gasteiger charge is 2.48. The Labute approximate surface area is 210 Å². The Hall–Kier alpha value is -3.91. The van der Waals surface area contributed by atoms with Crippen LogP contribution < -0.4 is 4.90 Å². The molecule has 1 fully saturated rings. The number of halogens is 2. The summed E-state index contributed by atoms with van der Waals surface area (Å²) in [5, 5.41) is 11.4. The number of benzene rings is 3. The fourth-order valence-electron chi connectivity index (χ4n) is 4.26. The molecule has 1 aliphatic rings. The van der Waals surface area contributed by atoms with Crippen LogP contribution in [0.2, 0.25) is 0 Å². The summed E-state index contributed by atoms with van der Waals surface area (Å²) >= 11 is 1.08. The van der Waals surface area contributed by atoms with E-state index in [9.17, 15) is 23.5 Å². The van der Waals surface area contributed by atoms with Gasteiger partial charge in [0.05, 0.1) is 21.8 Å². The van der Waals surface area contributed by atoms with E-state index in [-0.39, 0.29) is 21.7 Å². The van der Waals surface area contributed by atoms with Gasteiger partial charge in [-0.3, -0.25) is 14.5 Å². The molecule has 3 aromatic carbocycles. The Bertz CT molecular complexity index is 1530.